The molecular weight excluding hydrogens is 432 g/mol. The monoisotopic (exact) mass is 446 g/mol. The molecule has 0 radical (unpaired) electrons. The van der Waals surface area contributed by atoms with E-state index in [0.29, 0.717) is 23.4 Å². The molecule has 3 N–H and O–H groups in total. The third-order valence-corrected chi connectivity index (χ3v) is 6.42. The summed E-state index contributed by atoms with van der Waals surface area (Å²) >= 11 is 9.55. The number of carbonyl (C=O) groups excluding carboxylic acids is 1. The van der Waals surface area contributed by atoms with Gasteiger partial charge in [-0.05, 0) is 64.4 Å². The normalized spacial score (nSPS) is 28.9. The van der Waals surface area contributed by atoms with Crippen LogP contribution in [0.1, 0.15) is 28.8 Å². The number of carbonyl (C=O) groups is 1. The largest absolute Gasteiger partial charge is 0.385 e. The fourth-order valence-corrected chi connectivity index (χ4v) is 5.05. The molecule has 0 saturated heterocycles. The lowest BCUT2D eigenvalue weighted by atomic mass is 9.86. The van der Waals surface area contributed by atoms with E-state index in [1.54, 1.807) is 24.7 Å². The summed E-state index contributed by atoms with van der Waals surface area (Å²) in [5, 5.41) is 22.8. The van der Waals surface area contributed by atoms with Gasteiger partial charge >= 0.3 is 0 Å². The molecule has 138 valence electrons. The summed E-state index contributed by atoms with van der Waals surface area (Å²) in [6, 6.07) is 5.47. The zero-order valence-electron chi connectivity index (χ0n) is 14.1. The molecule has 6 nitrogen and oxygen atoms in total. The van der Waals surface area contributed by atoms with Crippen molar-refractivity contribution in [1.29, 1.82) is 0 Å². The van der Waals surface area contributed by atoms with Gasteiger partial charge in [0, 0.05) is 33.3 Å². The highest BCUT2D eigenvalue weighted by Gasteiger charge is 2.62. The number of aromatic nitrogens is 3. The fourth-order valence-electron chi connectivity index (χ4n) is 4.47. The second-order valence-corrected chi connectivity index (χ2v) is 8.80. The molecule has 2 fully saturated rings. The first-order valence-corrected chi connectivity index (χ1v) is 9.89. The molecule has 2 aliphatic carbocycles. The number of aliphatic hydroxyl groups is 1. The Hall–Kier alpha value is -1.96. The number of hydrogen-bond acceptors (Lipinski definition) is 4. The molecule has 5 rings (SSSR count). The number of benzene rings is 1. The van der Waals surface area contributed by atoms with E-state index < -0.39 is 5.60 Å². The number of nitrogens with one attached hydrogen (secondary N) is 2. The Balaban J connectivity index is 1.33. The minimum Gasteiger partial charge on any atom is -0.385 e. The molecule has 8 heteroatoms. The van der Waals surface area contributed by atoms with Crippen molar-refractivity contribution >= 4 is 44.3 Å². The summed E-state index contributed by atoms with van der Waals surface area (Å²) in [6.07, 6.45) is 6.11. The van der Waals surface area contributed by atoms with E-state index >= 15 is 0 Å². The van der Waals surface area contributed by atoms with Gasteiger partial charge in [-0.25, -0.2) is 0 Å². The fraction of sp³-hybridized carbons (Fsp3) is 0.316. The van der Waals surface area contributed by atoms with Crippen molar-refractivity contribution in [1.82, 2.24) is 20.5 Å². The molecule has 2 unspecified atom stereocenters. The van der Waals surface area contributed by atoms with Crippen LogP contribution in [0.3, 0.4) is 0 Å². The Bertz CT molecular complexity index is 1060. The van der Waals surface area contributed by atoms with E-state index in [-0.39, 0.29) is 23.8 Å². The number of amides is 1. The standard InChI is InChI=1S/C19H16BrClN4O2/c20-10-1-9(6-22-7-10)18(26)24-17-12-4-19(27,5-13(12)17)15-2-11(21)3-16-14(15)8-23-25-16/h1-3,6-8,12-13,17,27H,4-5H2,(H,23,25)(H,24,26). The lowest BCUT2D eigenvalue weighted by molar-refractivity contribution is 0.0293. The summed E-state index contributed by atoms with van der Waals surface area (Å²) in [7, 11) is 0. The van der Waals surface area contributed by atoms with Gasteiger partial charge in [-0.1, -0.05) is 11.6 Å². The molecule has 0 aliphatic heterocycles. The highest BCUT2D eigenvalue weighted by atomic mass is 79.9. The van der Waals surface area contributed by atoms with Gasteiger partial charge in [-0.15, -0.1) is 0 Å². The lowest BCUT2D eigenvalue weighted by Gasteiger charge is -2.27. The highest BCUT2D eigenvalue weighted by Crippen LogP contribution is 2.60. The van der Waals surface area contributed by atoms with Crippen LogP contribution in [-0.2, 0) is 5.60 Å². The first-order chi connectivity index (χ1) is 12.9. The van der Waals surface area contributed by atoms with Crippen molar-refractivity contribution in [2.45, 2.75) is 24.5 Å². The summed E-state index contributed by atoms with van der Waals surface area (Å²) < 4.78 is 0.769. The second kappa shape index (κ2) is 6.02. The zero-order valence-corrected chi connectivity index (χ0v) is 16.5. The van der Waals surface area contributed by atoms with Crippen molar-refractivity contribution in [2.75, 3.05) is 0 Å². The maximum atomic E-state index is 12.4. The Morgan fingerprint density at radius 2 is 2.04 bits per heavy atom. The first kappa shape index (κ1) is 17.2. The van der Waals surface area contributed by atoms with Gasteiger partial charge in [0.05, 0.1) is 22.9 Å². The van der Waals surface area contributed by atoms with Gasteiger partial charge in [-0.3, -0.25) is 14.9 Å². The smallest absolute Gasteiger partial charge is 0.253 e. The average Bonchev–Trinajstić information content (AvgIpc) is 3.01. The minimum absolute atomic E-state index is 0.0933. The Morgan fingerprint density at radius 1 is 1.26 bits per heavy atom. The Morgan fingerprint density at radius 3 is 2.78 bits per heavy atom. The van der Waals surface area contributed by atoms with Crippen LogP contribution in [0.5, 0.6) is 0 Å². The molecule has 27 heavy (non-hydrogen) atoms. The van der Waals surface area contributed by atoms with Gasteiger partial charge in [0.1, 0.15) is 0 Å². The SMILES string of the molecule is O=C(NC1C2CC(O)(c3cc(Cl)cc4[nH]ncc34)CC21)c1cncc(Br)c1. The van der Waals surface area contributed by atoms with E-state index in [1.807, 2.05) is 12.1 Å². The molecular formula is C19H16BrClN4O2. The van der Waals surface area contributed by atoms with Crippen molar-refractivity contribution in [3.8, 4) is 0 Å². The van der Waals surface area contributed by atoms with Crippen molar-refractivity contribution in [2.24, 2.45) is 11.8 Å². The number of rotatable bonds is 3. The van der Waals surface area contributed by atoms with Crippen LogP contribution in [0.25, 0.3) is 10.9 Å². The van der Waals surface area contributed by atoms with Crippen molar-refractivity contribution in [3.05, 3.63) is 57.4 Å². The zero-order chi connectivity index (χ0) is 18.8. The van der Waals surface area contributed by atoms with Crippen molar-refractivity contribution in [3.63, 3.8) is 0 Å². The van der Waals surface area contributed by atoms with E-state index in [1.165, 1.54) is 0 Å². The van der Waals surface area contributed by atoms with E-state index in [4.69, 9.17) is 11.6 Å². The molecule has 2 atom stereocenters. The predicted octanol–water partition coefficient (Wildman–Crippen LogP) is 3.40. The van der Waals surface area contributed by atoms with Gasteiger partial charge in [0.2, 0.25) is 0 Å². The van der Waals surface area contributed by atoms with Crippen LogP contribution in [-0.4, -0.2) is 32.2 Å². The lowest BCUT2D eigenvalue weighted by Crippen LogP contribution is -2.33. The number of fused-ring (bicyclic) bond motifs is 2. The molecule has 3 aromatic rings. The maximum absolute atomic E-state index is 12.4. The van der Waals surface area contributed by atoms with E-state index in [9.17, 15) is 9.90 Å². The number of aromatic amines is 1. The molecule has 0 bridgehead atoms. The Kier molecular flexibility index (Phi) is 3.83. The Labute approximate surface area is 168 Å². The number of H-pyrrole nitrogens is 1. The van der Waals surface area contributed by atoms with Gasteiger partial charge in [0.15, 0.2) is 0 Å². The summed E-state index contributed by atoms with van der Waals surface area (Å²) in [4.78, 5) is 16.5. The number of nitrogens with zero attached hydrogens (tertiary/aromatic N) is 2. The molecule has 0 spiro atoms. The molecule has 1 aromatic carbocycles. The van der Waals surface area contributed by atoms with Crippen LogP contribution in [0.2, 0.25) is 5.02 Å². The predicted molar refractivity (Wildman–Crippen MR) is 104 cm³/mol. The topological polar surface area (TPSA) is 90.9 Å². The van der Waals surface area contributed by atoms with Crippen LogP contribution in [0, 0.1) is 11.8 Å². The third kappa shape index (κ3) is 2.85. The quantitative estimate of drug-likeness (QED) is 0.574. The molecule has 1 amide bonds. The first-order valence-electron chi connectivity index (χ1n) is 8.71. The van der Waals surface area contributed by atoms with Gasteiger partial charge in [-0.2, -0.15) is 5.10 Å². The van der Waals surface area contributed by atoms with E-state index in [2.05, 4.69) is 36.4 Å². The summed E-state index contributed by atoms with van der Waals surface area (Å²) in [6.45, 7) is 0. The molecule has 2 heterocycles. The van der Waals surface area contributed by atoms with Gasteiger partial charge in [0.25, 0.3) is 5.91 Å². The highest BCUT2D eigenvalue weighted by molar-refractivity contribution is 9.10. The summed E-state index contributed by atoms with van der Waals surface area (Å²) in [5.41, 5.74) is 1.21. The van der Waals surface area contributed by atoms with Crippen LogP contribution < -0.4 is 5.32 Å². The van der Waals surface area contributed by atoms with E-state index in [0.717, 1.165) is 20.9 Å². The molecule has 2 aromatic heterocycles. The average molecular weight is 448 g/mol. The number of halogens is 2. The maximum Gasteiger partial charge on any atom is 0.253 e. The van der Waals surface area contributed by atoms with Crippen LogP contribution in [0.4, 0.5) is 0 Å². The number of pyridine rings is 1. The van der Waals surface area contributed by atoms with Crippen LogP contribution >= 0.6 is 27.5 Å². The second-order valence-electron chi connectivity index (χ2n) is 7.44. The molecule has 2 aliphatic rings. The summed E-state index contributed by atoms with van der Waals surface area (Å²) in [5.74, 6) is 0.395. The van der Waals surface area contributed by atoms with Crippen molar-refractivity contribution < 1.29 is 9.90 Å². The minimum atomic E-state index is -0.944. The number of hydrogen-bond donors (Lipinski definition) is 3. The van der Waals surface area contributed by atoms with Crippen LogP contribution in [0.15, 0.2) is 41.3 Å². The third-order valence-electron chi connectivity index (χ3n) is 5.77. The van der Waals surface area contributed by atoms with Gasteiger partial charge < -0.3 is 10.4 Å². The molecule has 2 saturated carbocycles.